The van der Waals surface area contributed by atoms with E-state index in [0.717, 1.165) is 6.42 Å². The Labute approximate surface area is 176 Å². The minimum atomic E-state index is -3.43. The minimum Gasteiger partial charge on any atom is -0.368 e. The maximum Gasteiger partial charge on any atom is 0.255 e. The van der Waals surface area contributed by atoms with Crippen LogP contribution in [0, 0.1) is 0 Å². The average molecular weight is 432 g/mol. The summed E-state index contributed by atoms with van der Waals surface area (Å²) in [5.41, 5.74) is 1.82. The second-order valence-electron chi connectivity index (χ2n) is 7.02. The first-order valence-corrected chi connectivity index (χ1v) is 11.5. The third-order valence-corrected chi connectivity index (χ3v) is 6.00. The highest BCUT2D eigenvalue weighted by Crippen LogP contribution is 2.19. The Morgan fingerprint density at radius 2 is 1.73 bits per heavy atom. The number of anilines is 3. The van der Waals surface area contributed by atoms with E-state index in [-0.39, 0.29) is 17.6 Å². The van der Waals surface area contributed by atoms with Crippen LogP contribution in [-0.4, -0.2) is 38.7 Å². The standard InChI is InChI=1S/C21H25N3O5S/c1-2-13-30(27,28)24-18-6-3-5-15(14-18)20(25)22-16-8-10-17(11-9-16)23-21(26)19-7-4-12-29-19/h3,5-6,8-11,14,19,24H,2,4,7,12-13H2,1H3,(H,22,25)(H,23,26). The van der Waals surface area contributed by atoms with Gasteiger partial charge in [0.25, 0.3) is 11.8 Å². The number of nitrogens with one attached hydrogen (secondary N) is 3. The lowest BCUT2D eigenvalue weighted by atomic mass is 10.2. The monoisotopic (exact) mass is 431 g/mol. The second kappa shape index (κ2) is 9.73. The van der Waals surface area contributed by atoms with Gasteiger partial charge in [-0.3, -0.25) is 14.3 Å². The first kappa shape index (κ1) is 21.8. The summed E-state index contributed by atoms with van der Waals surface area (Å²) in [7, 11) is -3.43. The zero-order valence-electron chi connectivity index (χ0n) is 16.7. The van der Waals surface area contributed by atoms with Gasteiger partial charge >= 0.3 is 0 Å². The molecule has 0 aliphatic carbocycles. The molecule has 2 aromatic rings. The van der Waals surface area contributed by atoms with E-state index in [1.165, 1.54) is 6.07 Å². The van der Waals surface area contributed by atoms with Crippen molar-refractivity contribution in [3.63, 3.8) is 0 Å². The Balaban J connectivity index is 1.60. The third-order valence-electron chi connectivity index (χ3n) is 4.50. The van der Waals surface area contributed by atoms with Crippen LogP contribution in [0.4, 0.5) is 17.1 Å². The van der Waals surface area contributed by atoms with Crippen LogP contribution in [0.15, 0.2) is 48.5 Å². The molecule has 8 nitrogen and oxygen atoms in total. The number of hydrogen-bond donors (Lipinski definition) is 3. The zero-order valence-corrected chi connectivity index (χ0v) is 17.5. The summed E-state index contributed by atoms with van der Waals surface area (Å²) in [6.07, 6.45) is 1.68. The van der Waals surface area contributed by atoms with Gasteiger partial charge < -0.3 is 15.4 Å². The molecular weight excluding hydrogens is 406 g/mol. The predicted octanol–water partition coefficient (Wildman–Crippen LogP) is 3.21. The Bertz CT molecular complexity index is 1000. The number of amides is 2. The van der Waals surface area contributed by atoms with Gasteiger partial charge in [-0.05, 0) is 61.7 Å². The number of carbonyl (C=O) groups excluding carboxylic acids is 2. The molecule has 0 saturated carbocycles. The highest BCUT2D eigenvalue weighted by Gasteiger charge is 2.23. The summed E-state index contributed by atoms with van der Waals surface area (Å²) in [6, 6.07) is 13.0. The lowest BCUT2D eigenvalue weighted by molar-refractivity contribution is -0.124. The Hall–Kier alpha value is -2.91. The van der Waals surface area contributed by atoms with Crippen LogP contribution in [-0.2, 0) is 19.6 Å². The molecule has 0 radical (unpaired) electrons. The van der Waals surface area contributed by atoms with Crippen molar-refractivity contribution in [3.05, 3.63) is 54.1 Å². The van der Waals surface area contributed by atoms with Gasteiger partial charge in [0, 0.05) is 29.2 Å². The van der Waals surface area contributed by atoms with E-state index in [0.29, 0.717) is 42.1 Å². The number of benzene rings is 2. The number of hydrogen-bond acceptors (Lipinski definition) is 5. The molecule has 3 rings (SSSR count). The molecule has 30 heavy (non-hydrogen) atoms. The fourth-order valence-electron chi connectivity index (χ4n) is 3.07. The average Bonchev–Trinajstić information content (AvgIpc) is 3.24. The largest absolute Gasteiger partial charge is 0.368 e. The van der Waals surface area contributed by atoms with Gasteiger partial charge in [0.2, 0.25) is 10.0 Å². The molecule has 3 N–H and O–H groups in total. The van der Waals surface area contributed by atoms with Gasteiger partial charge in [-0.15, -0.1) is 0 Å². The van der Waals surface area contributed by atoms with E-state index in [2.05, 4.69) is 15.4 Å². The zero-order chi connectivity index (χ0) is 21.6. The summed E-state index contributed by atoms with van der Waals surface area (Å²) in [5.74, 6) is -0.534. The van der Waals surface area contributed by atoms with Crippen molar-refractivity contribution in [2.45, 2.75) is 32.3 Å². The second-order valence-corrected chi connectivity index (χ2v) is 8.87. The minimum absolute atomic E-state index is 0.0131. The van der Waals surface area contributed by atoms with Crippen LogP contribution in [0.1, 0.15) is 36.5 Å². The van der Waals surface area contributed by atoms with E-state index >= 15 is 0 Å². The van der Waals surface area contributed by atoms with Gasteiger partial charge in [-0.25, -0.2) is 8.42 Å². The van der Waals surface area contributed by atoms with Crippen molar-refractivity contribution >= 4 is 38.9 Å². The molecule has 1 fully saturated rings. The van der Waals surface area contributed by atoms with Crippen LogP contribution in [0.3, 0.4) is 0 Å². The molecule has 1 unspecified atom stereocenters. The maximum atomic E-state index is 12.5. The molecule has 2 aromatic carbocycles. The molecule has 0 bridgehead atoms. The Morgan fingerprint density at radius 1 is 1.03 bits per heavy atom. The van der Waals surface area contributed by atoms with Crippen molar-refractivity contribution < 1.29 is 22.7 Å². The summed E-state index contributed by atoms with van der Waals surface area (Å²) in [4.78, 5) is 24.6. The molecule has 160 valence electrons. The lowest BCUT2D eigenvalue weighted by Gasteiger charge is -2.12. The fraction of sp³-hybridized carbons (Fsp3) is 0.333. The lowest BCUT2D eigenvalue weighted by Crippen LogP contribution is -2.26. The van der Waals surface area contributed by atoms with Crippen LogP contribution < -0.4 is 15.4 Å². The van der Waals surface area contributed by atoms with Crippen LogP contribution in [0.2, 0.25) is 0 Å². The molecule has 1 atom stereocenters. The molecule has 9 heteroatoms. The normalized spacial score (nSPS) is 16.1. The molecule has 1 saturated heterocycles. The topological polar surface area (TPSA) is 114 Å². The Kier molecular flexibility index (Phi) is 7.07. The fourth-order valence-corrected chi connectivity index (χ4v) is 4.20. The number of sulfonamides is 1. The van der Waals surface area contributed by atoms with Crippen molar-refractivity contribution in [2.24, 2.45) is 0 Å². The number of ether oxygens (including phenoxy) is 1. The molecule has 0 spiro atoms. The smallest absolute Gasteiger partial charge is 0.255 e. The molecular formula is C21H25N3O5S. The third kappa shape index (κ3) is 6.04. The van der Waals surface area contributed by atoms with E-state index in [1.54, 1.807) is 49.4 Å². The van der Waals surface area contributed by atoms with Crippen molar-refractivity contribution in [1.29, 1.82) is 0 Å². The van der Waals surface area contributed by atoms with Crippen LogP contribution in [0.5, 0.6) is 0 Å². The van der Waals surface area contributed by atoms with Crippen LogP contribution in [0.25, 0.3) is 0 Å². The quantitative estimate of drug-likeness (QED) is 0.594. The highest BCUT2D eigenvalue weighted by atomic mass is 32.2. The van der Waals surface area contributed by atoms with Gasteiger partial charge in [-0.1, -0.05) is 13.0 Å². The maximum absolute atomic E-state index is 12.5. The SMILES string of the molecule is CCCS(=O)(=O)Nc1cccc(C(=O)Nc2ccc(NC(=O)C3CCCO3)cc2)c1. The van der Waals surface area contributed by atoms with Crippen molar-refractivity contribution in [3.8, 4) is 0 Å². The number of rotatable bonds is 8. The first-order valence-electron chi connectivity index (χ1n) is 9.81. The summed E-state index contributed by atoms with van der Waals surface area (Å²) in [6.45, 7) is 2.38. The summed E-state index contributed by atoms with van der Waals surface area (Å²) in [5, 5.41) is 5.55. The van der Waals surface area contributed by atoms with Gasteiger partial charge in [-0.2, -0.15) is 0 Å². The summed E-state index contributed by atoms with van der Waals surface area (Å²) >= 11 is 0. The summed E-state index contributed by atoms with van der Waals surface area (Å²) < 4.78 is 31.7. The molecule has 1 heterocycles. The van der Waals surface area contributed by atoms with Crippen molar-refractivity contribution in [2.75, 3.05) is 27.7 Å². The molecule has 1 aliphatic rings. The van der Waals surface area contributed by atoms with E-state index in [9.17, 15) is 18.0 Å². The number of carbonyl (C=O) groups is 2. The first-order chi connectivity index (χ1) is 14.4. The van der Waals surface area contributed by atoms with E-state index in [1.807, 2.05) is 0 Å². The molecule has 2 amide bonds. The van der Waals surface area contributed by atoms with Gasteiger partial charge in [0.05, 0.1) is 5.75 Å². The highest BCUT2D eigenvalue weighted by molar-refractivity contribution is 7.92. The van der Waals surface area contributed by atoms with E-state index < -0.39 is 16.1 Å². The van der Waals surface area contributed by atoms with Crippen molar-refractivity contribution in [1.82, 2.24) is 0 Å². The molecule has 0 aromatic heterocycles. The molecule has 1 aliphatic heterocycles. The predicted molar refractivity (Wildman–Crippen MR) is 116 cm³/mol. The van der Waals surface area contributed by atoms with E-state index in [4.69, 9.17) is 4.74 Å². The Morgan fingerprint density at radius 3 is 2.37 bits per heavy atom. The van der Waals surface area contributed by atoms with Crippen LogP contribution >= 0.6 is 0 Å². The van der Waals surface area contributed by atoms with Gasteiger partial charge in [0.1, 0.15) is 6.10 Å². The van der Waals surface area contributed by atoms with Gasteiger partial charge in [0.15, 0.2) is 0 Å².